The number of thiol groups is 1. The van der Waals surface area contributed by atoms with Crippen LogP contribution >= 0.6 is 0 Å². The van der Waals surface area contributed by atoms with E-state index in [1.807, 2.05) is 0 Å². The molecule has 0 heterocycles. The average Bonchev–Trinajstić information content (AvgIpc) is 1.84. The highest BCUT2D eigenvalue weighted by Gasteiger charge is 2.15. The van der Waals surface area contributed by atoms with Crippen LogP contribution in [0.25, 0.3) is 0 Å². The summed E-state index contributed by atoms with van der Waals surface area (Å²) in [7, 11) is -2.18. The van der Waals surface area contributed by atoms with E-state index < -0.39 is 10.7 Å². The Kier molecular flexibility index (Phi) is 4.73. The van der Waals surface area contributed by atoms with Crippen LogP contribution in [0.3, 0.4) is 0 Å². The Morgan fingerprint density at radius 3 is 2.09 bits per heavy atom. The van der Waals surface area contributed by atoms with Crippen LogP contribution in [0.2, 0.25) is 0 Å². The SMILES string of the molecule is CCCC(C)(C)CC[SH](=O)=O. The molecule has 0 rings (SSSR count). The van der Waals surface area contributed by atoms with E-state index in [4.69, 9.17) is 0 Å². The molecule has 0 aliphatic rings. The molecule has 0 N–H and O–H groups in total. The lowest BCUT2D eigenvalue weighted by Gasteiger charge is -2.22. The lowest BCUT2D eigenvalue weighted by molar-refractivity contribution is 0.320. The highest BCUT2D eigenvalue weighted by molar-refractivity contribution is 7.72. The summed E-state index contributed by atoms with van der Waals surface area (Å²) in [5, 5.41) is 0. The van der Waals surface area contributed by atoms with Crippen LogP contribution < -0.4 is 0 Å². The molecule has 0 aliphatic carbocycles. The van der Waals surface area contributed by atoms with Gasteiger partial charge in [-0.15, -0.1) is 0 Å². The summed E-state index contributed by atoms with van der Waals surface area (Å²) in [5.74, 6) is 0.336. The highest BCUT2D eigenvalue weighted by atomic mass is 32.2. The van der Waals surface area contributed by atoms with Gasteiger partial charge in [0.1, 0.15) is 10.7 Å². The van der Waals surface area contributed by atoms with Crippen molar-refractivity contribution < 1.29 is 8.42 Å². The van der Waals surface area contributed by atoms with Crippen molar-refractivity contribution >= 4 is 10.7 Å². The molecule has 0 fully saturated rings. The summed E-state index contributed by atoms with van der Waals surface area (Å²) in [6.45, 7) is 6.36. The first kappa shape index (κ1) is 11.0. The van der Waals surface area contributed by atoms with E-state index in [9.17, 15) is 8.42 Å². The summed E-state index contributed by atoms with van der Waals surface area (Å²) < 4.78 is 20.6. The predicted molar refractivity (Wildman–Crippen MR) is 48.5 cm³/mol. The minimum atomic E-state index is -2.18. The first-order chi connectivity index (χ1) is 4.98. The quantitative estimate of drug-likeness (QED) is 0.651. The van der Waals surface area contributed by atoms with Crippen LogP contribution in [0.15, 0.2) is 0 Å². The van der Waals surface area contributed by atoms with Gasteiger partial charge in [0.15, 0.2) is 0 Å². The molecule has 0 spiro atoms. The average molecular weight is 178 g/mol. The van der Waals surface area contributed by atoms with Gasteiger partial charge in [0.25, 0.3) is 0 Å². The van der Waals surface area contributed by atoms with E-state index >= 15 is 0 Å². The summed E-state index contributed by atoms with van der Waals surface area (Å²) in [4.78, 5) is 0. The standard InChI is InChI=1S/C8H18O2S/c1-4-5-8(2,3)6-7-11(9)10/h11H,4-7H2,1-3H3. The Bertz CT molecular complexity index is 163. The Balaban J connectivity index is 3.71. The second kappa shape index (κ2) is 4.75. The number of rotatable bonds is 5. The fourth-order valence-corrected chi connectivity index (χ4v) is 1.98. The summed E-state index contributed by atoms with van der Waals surface area (Å²) >= 11 is 0. The van der Waals surface area contributed by atoms with Crippen molar-refractivity contribution in [2.45, 2.75) is 40.0 Å². The molecule has 0 radical (unpaired) electrons. The van der Waals surface area contributed by atoms with Gasteiger partial charge in [-0.1, -0.05) is 27.2 Å². The van der Waals surface area contributed by atoms with E-state index in [0.717, 1.165) is 19.3 Å². The first-order valence-corrected chi connectivity index (χ1v) is 5.46. The van der Waals surface area contributed by atoms with Crippen molar-refractivity contribution in [1.82, 2.24) is 0 Å². The summed E-state index contributed by atoms with van der Waals surface area (Å²) in [6, 6.07) is 0. The van der Waals surface area contributed by atoms with E-state index in [2.05, 4.69) is 20.8 Å². The van der Waals surface area contributed by atoms with Gasteiger partial charge < -0.3 is 0 Å². The van der Waals surface area contributed by atoms with Gasteiger partial charge in [0.05, 0.1) is 0 Å². The minimum Gasteiger partial charge on any atom is -0.232 e. The Hall–Kier alpha value is -0.0500. The van der Waals surface area contributed by atoms with E-state index in [0.29, 0.717) is 5.75 Å². The maximum atomic E-state index is 10.3. The lowest BCUT2D eigenvalue weighted by Crippen LogP contribution is -2.13. The summed E-state index contributed by atoms with van der Waals surface area (Å²) in [5.41, 5.74) is 0.199. The molecule has 0 aliphatic heterocycles. The largest absolute Gasteiger partial charge is 0.232 e. The van der Waals surface area contributed by atoms with Crippen LogP contribution in [-0.4, -0.2) is 14.2 Å². The van der Waals surface area contributed by atoms with Crippen LogP contribution in [-0.2, 0) is 10.7 Å². The maximum absolute atomic E-state index is 10.3. The van der Waals surface area contributed by atoms with Crippen molar-refractivity contribution in [1.29, 1.82) is 0 Å². The second-order valence-electron chi connectivity index (χ2n) is 3.72. The van der Waals surface area contributed by atoms with Crippen molar-refractivity contribution in [2.75, 3.05) is 5.75 Å². The fraction of sp³-hybridized carbons (Fsp3) is 1.00. The van der Waals surface area contributed by atoms with Crippen molar-refractivity contribution in [3.05, 3.63) is 0 Å². The third-order valence-corrected chi connectivity index (χ3v) is 2.49. The molecule has 0 aromatic rings. The molecule has 0 amide bonds. The topological polar surface area (TPSA) is 34.1 Å². The molecule has 0 unspecified atom stereocenters. The number of hydrogen-bond donors (Lipinski definition) is 1. The second-order valence-corrected chi connectivity index (χ2v) is 4.83. The lowest BCUT2D eigenvalue weighted by atomic mass is 9.85. The molecule has 11 heavy (non-hydrogen) atoms. The predicted octanol–water partition coefficient (Wildman–Crippen LogP) is 1.81. The third kappa shape index (κ3) is 6.35. The first-order valence-electron chi connectivity index (χ1n) is 4.10. The fourth-order valence-electron chi connectivity index (χ4n) is 1.20. The van der Waals surface area contributed by atoms with Crippen LogP contribution in [0.4, 0.5) is 0 Å². The van der Waals surface area contributed by atoms with Gasteiger partial charge in [-0.2, -0.15) is 0 Å². The van der Waals surface area contributed by atoms with Crippen LogP contribution in [0.1, 0.15) is 40.0 Å². The molecule has 3 heteroatoms. The van der Waals surface area contributed by atoms with Crippen molar-refractivity contribution in [3.63, 3.8) is 0 Å². The highest BCUT2D eigenvalue weighted by Crippen LogP contribution is 2.25. The molecule has 0 aromatic carbocycles. The minimum absolute atomic E-state index is 0.199. The Morgan fingerprint density at radius 1 is 1.18 bits per heavy atom. The zero-order chi connectivity index (χ0) is 8.91. The Morgan fingerprint density at radius 2 is 1.73 bits per heavy atom. The van der Waals surface area contributed by atoms with Gasteiger partial charge in [-0.05, 0) is 18.3 Å². The van der Waals surface area contributed by atoms with Gasteiger partial charge in [-0.3, -0.25) is 0 Å². The molecule has 0 saturated heterocycles. The molecular weight excluding hydrogens is 160 g/mol. The molecule has 0 bridgehead atoms. The molecule has 68 valence electrons. The smallest absolute Gasteiger partial charge is 0.140 e. The number of hydrogen-bond acceptors (Lipinski definition) is 2. The Labute approximate surface area is 71.0 Å². The molecule has 2 nitrogen and oxygen atoms in total. The van der Waals surface area contributed by atoms with Crippen LogP contribution in [0, 0.1) is 5.41 Å². The van der Waals surface area contributed by atoms with Gasteiger partial charge in [0.2, 0.25) is 0 Å². The van der Waals surface area contributed by atoms with E-state index in [1.165, 1.54) is 0 Å². The monoisotopic (exact) mass is 178 g/mol. The van der Waals surface area contributed by atoms with Crippen molar-refractivity contribution in [3.8, 4) is 0 Å². The maximum Gasteiger partial charge on any atom is 0.140 e. The zero-order valence-corrected chi connectivity index (χ0v) is 8.49. The third-order valence-electron chi connectivity index (χ3n) is 1.90. The normalized spacial score (nSPS) is 12.4. The zero-order valence-electron chi connectivity index (χ0n) is 7.59. The van der Waals surface area contributed by atoms with Crippen LogP contribution in [0.5, 0.6) is 0 Å². The molecular formula is C8H18O2S. The van der Waals surface area contributed by atoms with Gasteiger partial charge >= 0.3 is 0 Å². The van der Waals surface area contributed by atoms with Crippen molar-refractivity contribution in [2.24, 2.45) is 5.41 Å². The molecule has 0 saturated carbocycles. The molecule has 0 atom stereocenters. The van der Waals surface area contributed by atoms with E-state index in [-0.39, 0.29) is 5.41 Å². The molecule has 0 aromatic heterocycles. The summed E-state index contributed by atoms with van der Waals surface area (Å²) in [6.07, 6.45) is 3.03. The van der Waals surface area contributed by atoms with Gasteiger partial charge in [-0.25, -0.2) is 8.42 Å². The van der Waals surface area contributed by atoms with Gasteiger partial charge in [0, 0.05) is 5.75 Å². The van der Waals surface area contributed by atoms with E-state index in [1.54, 1.807) is 0 Å².